The molecule has 0 spiro atoms. The van der Waals surface area contributed by atoms with Crippen molar-refractivity contribution < 1.29 is 14.3 Å². The molecule has 0 amide bonds. The molecule has 58 valence electrons. The molecule has 0 aliphatic carbocycles. The van der Waals surface area contributed by atoms with Gasteiger partial charge in [0.2, 0.25) is 0 Å². The molecule has 0 unspecified atom stereocenters. The van der Waals surface area contributed by atoms with Gasteiger partial charge in [-0.05, 0) is 20.8 Å². The first kappa shape index (κ1) is 7.54. The van der Waals surface area contributed by atoms with Gasteiger partial charge in [0.05, 0.1) is 12.2 Å². The first-order chi connectivity index (χ1) is 4.61. The minimum atomic E-state index is -0.289. The van der Waals surface area contributed by atoms with Gasteiger partial charge in [-0.2, -0.15) is 0 Å². The highest BCUT2D eigenvalue weighted by Gasteiger charge is 2.42. The average Bonchev–Trinajstić information content (AvgIpc) is 2.44. The minimum absolute atomic E-state index is 0.0381. The third-order valence-corrected chi connectivity index (χ3v) is 1.30. The summed E-state index contributed by atoms with van der Waals surface area (Å²) >= 11 is 0. The predicted molar refractivity (Wildman–Crippen MR) is 35.6 cm³/mol. The quantitative estimate of drug-likeness (QED) is 0.423. The zero-order valence-corrected chi connectivity index (χ0v) is 6.46. The summed E-state index contributed by atoms with van der Waals surface area (Å²) in [5.74, 6) is -0.234. The van der Waals surface area contributed by atoms with Crippen LogP contribution in [-0.2, 0) is 14.3 Å². The maximum absolute atomic E-state index is 10.9. The molecule has 0 radical (unpaired) electrons. The number of hydrogen-bond donors (Lipinski definition) is 0. The molecule has 1 saturated heterocycles. The third-order valence-electron chi connectivity index (χ3n) is 1.30. The zero-order valence-electron chi connectivity index (χ0n) is 6.46. The molecule has 3 heteroatoms. The summed E-state index contributed by atoms with van der Waals surface area (Å²) in [7, 11) is 0. The summed E-state index contributed by atoms with van der Waals surface area (Å²) in [6.45, 7) is 5.50. The Labute approximate surface area is 60.3 Å². The van der Waals surface area contributed by atoms with Gasteiger partial charge in [-0.1, -0.05) is 0 Å². The van der Waals surface area contributed by atoms with E-state index in [0.717, 1.165) is 0 Å². The topological polar surface area (TPSA) is 38.8 Å². The number of epoxide rings is 1. The highest BCUT2D eigenvalue weighted by atomic mass is 16.6. The largest absolute Gasteiger partial charge is 0.461 e. The second-order valence-corrected chi connectivity index (χ2v) is 2.75. The van der Waals surface area contributed by atoms with Crippen molar-refractivity contribution in [1.82, 2.24) is 0 Å². The van der Waals surface area contributed by atoms with E-state index in [0.29, 0.717) is 0 Å². The van der Waals surface area contributed by atoms with E-state index in [1.54, 1.807) is 0 Å². The maximum Gasteiger partial charge on any atom is 0.338 e. The van der Waals surface area contributed by atoms with Crippen LogP contribution < -0.4 is 0 Å². The second-order valence-electron chi connectivity index (χ2n) is 2.75. The third kappa shape index (κ3) is 1.70. The molecular weight excluding hydrogens is 132 g/mol. The normalized spacial score (nSPS) is 30.4. The van der Waals surface area contributed by atoms with Crippen LogP contribution in [0.4, 0.5) is 0 Å². The first-order valence-corrected chi connectivity index (χ1v) is 3.47. The highest BCUT2D eigenvalue weighted by Crippen LogP contribution is 2.22. The van der Waals surface area contributed by atoms with E-state index < -0.39 is 0 Å². The molecule has 0 aromatic rings. The Balaban J connectivity index is 2.23. The standard InChI is InChI=1S/C7H12O3/c1-4(2)9-7(8)6-5(3)10-6/h4-6H,1-3H3/t5-,6+/m1/s1. The van der Waals surface area contributed by atoms with Crippen LogP contribution in [0.5, 0.6) is 0 Å². The fourth-order valence-electron chi connectivity index (χ4n) is 0.732. The van der Waals surface area contributed by atoms with Gasteiger partial charge >= 0.3 is 5.97 Å². The fourth-order valence-corrected chi connectivity index (χ4v) is 0.732. The van der Waals surface area contributed by atoms with Crippen molar-refractivity contribution in [3.05, 3.63) is 0 Å². The molecule has 1 rings (SSSR count). The van der Waals surface area contributed by atoms with Crippen molar-refractivity contribution in [1.29, 1.82) is 0 Å². The Hall–Kier alpha value is -0.570. The van der Waals surface area contributed by atoms with Crippen LogP contribution in [-0.4, -0.2) is 24.3 Å². The Morgan fingerprint density at radius 3 is 2.40 bits per heavy atom. The van der Waals surface area contributed by atoms with Gasteiger partial charge < -0.3 is 9.47 Å². The van der Waals surface area contributed by atoms with Crippen LogP contribution in [0.2, 0.25) is 0 Å². The Kier molecular flexibility index (Phi) is 1.94. The number of esters is 1. The second kappa shape index (κ2) is 2.58. The first-order valence-electron chi connectivity index (χ1n) is 3.47. The van der Waals surface area contributed by atoms with E-state index in [2.05, 4.69) is 0 Å². The van der Waals surface area contributed by atoms with Crippen molar-refractivity contribution >= 4 is 5.97 Å². The molecular formula is C7H12O3. The molecule has 0 aromatic carbocycles. The monoisotopic (exact) mass is 144 g/mol. The van der Waals surface area contributed by atoms with Gasteiger partial charge in [0.1, 0.15) is 0 Å². The highest BCUT2D eigenvalue weighted by molar-refractivity contribution is 5.77. The zero-order chi connectivity index (χ0) is 7.72. The molecule has 1 heterocycles. The smallest absolute Gasteiger partial charge is 0.338 e. The van der Waals surface area contributed by atoms with Crippen LogP contribution in [0.25, 0.3) is 0 Å². The number of carbonyl (C=O) groups excluding carboxylic acids is 1. The van der Waals surface area contributed by atoms with E-state index >= 15 is 0 Å². The van der Waals surface area contributed by atoms with Crippen molar-refractivity contribution in [2.45, 2.75) is 39.1 Å². The van der Waals surface area contributed by atoms with Crippen molar-refractivity contribution in [3.8, 4) is 0 Å². The number of rotatable bonds is 2. The molecule has 0 aromatic heterocycles. The lowest BCUT2D eigenvalue weighted by Gasteiger charge is -2.04. The molecule has 1 aliphatic heterocycles. The fraction of sp³-hybridized carbons (Fsp3) is 0.857. The van der Waals surface area contributed by atoms with E-state index in [9.17, 15) is 4.79 Å². The van der Waals surface area contributed by atoms with Crippen LogP contribution in [0, 0.1) is 0 Å². The van der Waals surface area contributed by atoms with E-state index in [1.165, 1.54) is 0 Å². The molecule has 2 atom stereocenters. The van der Waals surface area contributed by atoms with E-state index in [-0.39, 0.29) is 24.3 Å². The van der Waals surface area contributed by atoms with Gasteiger partial charge in [0.15, 0.2) is 6.10 Å². The van der Waals surface area contributed by atoms with Gasteiger partial charge in [-0.25, -0.2) is 4.79 Å². The molecule has 10 heavy (non-hydrogen) atoms. The minimum Gasteiger partial charge on any atom is -0.461 e. The lowest BCUT2D eigenvalue weighted by atomic mass is 10.3. The van der Waals surface area contributed by atoms with Crippen molar-refractivity contribution in [2.24, 2.45) is 0 Å². The molecule has 0 N–H and O–H groups in total. The molecule has 0 bridgehead atoms. The number of carbonyl (C=O) groups is 1. The van der Waals surface area contributed by atoms with Crippen LogP contribution in [0.1, 0.15) is 20.8 Å². The van der Waals surface area contributed by atoms with Crippen molar-refractivity contribution in [3.63, 3.8) is 0 Å². The summed E-state index contributed by atoms with van der Waals surface area (Å²) in [5.41, 5.74) is 0. The number of hydrogen-bond acceptors (Lipinski definition) is 3. The van der Waals surface area contributed by atoms with Crippen molar-refractivity contribution in [2.75, 3.05) is 0 Å². The lowest BCUT2D eigenvalue weighted by Crippen LogP contribution is -2.17. The Morgan fingerprint density at radius 1 is 1.60 bits per heavy atom. The summed E-state index contributed by atoms with van der Waals surface area (Å²) in [6, 6.07) is 0. The van der Waals surface area contributed by atoms with Crippen LogP contribution in [0.15, 0.2) is 0 Å². The molecule has 3 nitrogen and oxygen atoms in total. The molecule has 0 saturated carbocycles. The summed E-state index contributed by atoms with van der Waals surface area (Å²) in [6.07, 6.45) is -0.266. The van der Waals surface area contributed by atoms with Gasteiger partial charge in [0, 0.05) is 0 Å². The van der Waals surface area contributed by atoms with Crippen LogP contribution in [0.3, 0.4) is 0 Å². The van der Waals surface area contributed by atoms with Gasteiger partial charge in [-0.3, -0.25) is 0 Å². The molecule has 1 aliphatic rings. The average molecular weight is 144 g/mol. The summed E-state index contributed by atoms with van der Waals surface area (Å²) in [5, 5.41) is 0. The predicted octanol–water partition coefficient (Wildman–Crippen LogP) is 0.725. The SMILES string of the molecule is CC(C)OC(=O)[C@H]1O[C@@H]1C. The summed E-state index contributed by atoms with van der Waals surface area (Å²) < 4.78 is 9.79. The summed E-state index contributed by atoms with van der Waals surface area (Å²) in [4.78, 5) is 10.9. The van der Waals surface area contributed by atoms with E-state index in [4.69, 9.17) is 9.47 Å². The van der Waals surface area contributed by atoms with Gasteiger partial charge in [-0.15, -0.1) is 0 Å². The Morgan fingerprint density at radius 2 is 2.10 bits per heavy atom. The Bertz CT molecular complexity index is 142. The molecule has 1 fully saturated rings. The van der Waals surface area contributed by atoms with E-state index in [1.807, 2.05) is 20.8 Å². The van der Waals surface area contributed by atoms with Gasteiger partial charge in [0.25, 0.3) is 0 Å². The van der Waals surface area contributed by atoms with Crippen LogP contribution >= 0.6 is 0 Å². The maximum atomic E-state index is 10.9. The number of ether oxygens (including phenoxy) is 2. The lowest BCUT2D eigenvalue weighted by molar-refractivity contribution is -0.148.